The molecule has 4 heteroatoms. The summed E-state index contributed by atoms with van der Waals surface area (Å²) in [5.41, 5.74) is -0.550. The highest BCUT2D eigenvalue weighted by atomic mass is 16.4. The van der Waals surface area contributed by atoms with Crippen LogP contribution >= 0.6 is 0 Å². The smallest absolute Gasteiger partial charge is 0.316 e. The lowest BCUT2D eigenvalue weighted by Gasteiger charge is -2.32. The lowest BCUT2D eigenvalue weighted by Crippen LogP contribution is -2.45. The van der Waals surface area contributed by atoms with Crippen LogP contribution in [0.15, 0.2) is 0 Å². The molecule has 0 aliphatic heterocycles. The molecule has 1 amide bonds. The van der Waals surface area contributed by atoms with Crippen molar-refractivity contribution in [1.29, 1.82) is 0 Å². The average Bonchev–Trinajstić information content (AvgIpc) is 2.87. The van der Waals surface area contributed by atoms with E-state index in [1.54, 1.807) is 11.9 Å². The van der Waals surface area contributed by atoms with E-state index in [1.807, 2.05) is 20.8 Å². The van der Waals surface area contributed by atoms with Crippen molar-refractivity contribution in [1.82, 2.24) is 4.90 Å². The number of rotatable bonds is 4. The predicted molar refractivity (Wildman–Crippen MR) is 77.2 cm³/mol. The molecule has 0 heterocycles. The maximum absolute atomic E-state index is 12.5. The molecule has 2 bridgehead atoms. The summed E-state index contributed by atoms with van der Waals surface area (Å²) < 4.78 is 0. The second-order valence-corrected chi connectivity index (χ2v) is 7.79. The minimum atomic E-state index is -1.01. The molecule has 2 aliphatic rings. The van der Waals surface area contributed by atoms with E-state index in [1.165, 1.54) is 25.7 Å². The number of hydrogen-bond acceptors (Lipinski definition) is 2. The van der Waals surface area contributed by atoms with Gasteiger partial charge in [0.25, 0.3) is 0 Å². The van der Waals surface area contributed by atoms with E-state index >= 15 is 0 Å². The van der Waals surface area contributed by atoms with Crippen LogP contribution in [0, 0.1) is 29.1 Å². The van der Waals surface area contributed by atoms with E-state index in [-0.39, 0.29) is 5.91 Å². The first-order chi connectivity index (χ1) is 9.20. The zero-order chi connectivity index (χ0) is 15.1. The fourth-order valence-corrected chi connectivity index (χ4v) is 4.11. The molecule has 0 aromatic carbocycles. The van der Waals surface area contributed by atoms with E-state index in [0.717, 1.165) is 18.4 Å². The first kappa shape index (κ1) is 15.3. The summed E-state index contributed by atoms with van der Waals surface area (Å²) in [7, 11) is 1.76. The van der Waals surface area contributed by atoms with Crippen LogP contribution in [-0.2, 0) is 9.59 Å². The predicted octanol–water partition coefficient (Wildman–Crippen LogP) is 2.63. The van der Waals surface area contributed by atoms with E-state index in [9.17, 15) is 14.7 Å². The van der Waals surface area contributed by atoms with Gasteiger partial charge in [-0.1, -0.05) is 27.2 Å². The summed E-state index contributed by atoms with van der Waals surface area (Å²) in [5.74, 6) is -0.0159. The van der Waals surface area contributed by atoms with Gasteiger partial charge >= 0.3 is 5.97 Å². The number of carbonyl (C=O) groups is 2. The van der Waals surface area contributed by atoms with Gasteiger partial charge in [0.05, 0.1) is 0 Å². The third-order valence-corrected chi connectivity index (χ3v) is 5.13. The number of hydrogen-bond donors (Lipinski definition) is 1. The fourth-order valence-electron chi connectivity index (χ4n) is 4.11. The molecule has 2 saturated carbocycles. The van der Waals surface area contributed by atoms with Gasteiger partial charge in [0.1, 0.15) is 5.92 Å². The maximum Gasteiger partial charge on any atom is 0.316 e. The van der Waals surface area contributed by atoms with Crippen molar-refractivity contribution in [3.63, 3.8) is 0 Å². The van der Waals surface area contributed by atoms with Crippen LogP contribution in [0.3, 0.4) is 0 Å². The van der Waals surface area contributed by atoms with Crippen LogP contribution in [-0.4, -0.2) is 35.5 Å². The minimum absolute atomic E-state index is 0.243. The van der Waals surface area contributed by atoms with Crippen LogP contribution in [0.4, 0.5) is 0 Å². The number of fused-ring (bicyclic) bond motifs is 2. The normalized spacial score (nSPS) is 30.3. The summed E-state index contributed by atoms with van der Waals surface area (Å²) >= 11 is 0. The van der Waals surface area contributed by atoms with Gasteiger partial charge in [0.2, 0.25) is 5.91 Å². The Labute approximate surface area is 121 Å². The monoisotopic (exact) mass is 281 g/mol. The average molecular weight is 281 g/mol. The van der Waals surface area contributed by atoms with Crippen molar-refractivity contribution < 1.29 is 14.7 Å². The lowest BCUT2D eigenvalue weighted by molar-refractivity contribution is -0.155. The van der Waals surface area contributed by atoms with E-state index in [0.29, 0.717) is 5.92 Å². The Balaban J connectivity index is 1.99. The highest BCUT2D eigenvalue weighted by Crippen LogP contribution is 2.48. The highest BCUT2D eigenvalue weighted by Gasteiger charge is 2.43. The third kappa shape index (κ3) is 2.99. The van der Waals surface area contributed by atoms with Gasteiger partial charge in [0.15, 0.2) is 0 Å². The van der Waals surface area contributed by atoms with Crippen LogP contribution in [0.25, 0.3) is 0 Å². The molecule has 0 spiro atoms. The molecule has 4 unspecified atom stereocenters. The summed E-state index contributed by atoms with van der Waals surface area (Å²) in [6.07, 6.45) is 5.17. The summed E-state index contributed by atoms with van der Waals surface area (Å²) in [6, 6.07) is 0. The number of aliphatic carboxylic acids is 1. The van der Waals surface area contributed by atoms with Gasteiger partial charge in [-0.25, -0.2) is 0 Å². The number of carboxylic acids is 1. The van der Waals surface area contributed by atoms with Crippen molar-refractivity contribution in [3.8, 4) is 0 Å². The molecule has 2 rings (SSSR count). The second kappa shape index (κ2) is 5.38. The summed E-state index contributed by atoms with van der Waals surface area (Å²) in [5, 5.41) is 9.35. The van der Waals surface area contributed by atoms with Gasteiger partial charge in [-0.3, -0.25) is 9.59 Å². The maximum atomic E-state index is 12.5. The molecule has 2 fully saturated rings. The van der Waals surface area contributed by atoms with E-state index < -0.39 is 17.3 Å². The Kier molecular flexibility index (Phi) is 4.12. The third-order valence-electron chi connectivity index (χ3n) is 5.13. The zero-order valence-corrected chi connectivity index (χ0v) is 13.1. The van der Waals surface area contributed by atoms with Gasteiger partial charge in [-0.15, -0.1) is 0 Å². The van der Waals surface area contributed by atoms with E-state index in [2.05, 4.69) is 0 Å². The quantitative estimate of drug-likeness (QED) is 0.806. The summed E-state index contributed by atoms with van der Waals surface area (Å²) in [6.45, 7) is 6.17. The van der Waals surface area contributed by atoms with Crippen molar-refractivity contribution in [2.45, 2.75) is 46.5 Å². The molecule has 0 radical (unpaired) electrons. The summed E-state index contributed by atoms with van der Waals surface area (Å²) in [4.78, 5) is 25.5. The SMILES string of the molecule is CN(CC1CC2CCC1C2)C(=O)C(C(=O)O)C(C)(C)C. The Bertz CT molecular complexity index is 399. The molecule has 2 aliphatic carbocycles. The minimum Gasteiger partial charge on any atom is -0.481 e. The molecule has 4 nitrogen and oxygen atoms in total. The van der Waals surface area contributed by atoms with Gasteiger partial charge in [-0.2, -0.15) is 0 Å². The standard InChI is InChI=1S/C16H27NO3/c1-16(2,3)13(15(19)20)14(18)17(4)9-12-8-10-5-6-11(12)7-10/h10-13H,5-9H2,1-4H3,(H,19,20). The second-order valence-electron chi connectivity index (χ2n) is 7.79. The van der Waals surface area contributed by atoms with Crippen molar-refractivity contribution in [2.75, 3.05) is 13.6 Å². The number of carbonyl (C=O) groups excluding carboxylic acids is 1. The molecule has 4 atom stereocenters. The van der Waals surface area contributed by atoms with Crippen molar-refractivity contribution in [2.24, 2.45) is 29.1 Å². The van der Waals surface area contributed by atoms with Crippen LogP contribution in [0.1, 0.15) is 46.5 Å². The first-order valence-electron chi connectivity index (χ1n) is 7.68. The molecule has 20 heavy (non-hydrogen) atoms. The molecular formula is C16H27NO3. The molecule has 0 aromatic heterocycles. The van der Waals surface area contributed by atoms with Crippen molar-refractivity contribution in [3.05, 3.63) is 0 Å². The topological polar surface area (TPSA) is 57.6 Å². The molecule has 0 saturated heterocycles. The van der Waals surface area contributed by atoms with Gasteiger partial charge in [-0.05, 0) is 42.4 Å². The Morgan fingerprint density at radius 1 is 1.25 bits per heavy atom. The number of carboxylic acid groups (broad SMARTS) is 1. The van der Waals surface area contributed by atoms with Crippen LogP contribution in [0.5, 0.6) is 0 Å². The Hall–Kier alpha value is -1.06. The largest absolute Gasteiger partial charge is 0.481 e. The first-order valence-corrected chi connectivity index (χ1v) is 7.68. The van der Waals surface area contributed by atoms with Crippen LogP contribution < -0.4 is 0 Å². The Morgan fingerprint density at radius 3 is 2.30 bits per heavy atom. The molecule has 114 valence electrons. The van der Waals surface area contributed by atoms with Crippen LogP contribution in [0.2, 0.25) is 0 Å². The number of amides is 1. The molecular weight excluding hydrogens is 254 g/mol. The zero-order valence-electron chi connectivity index (χ0n) is 13.1. The van der Waals surface area contributed by atoms with Crippen molar-refractivity contribution >= 4 is 11.9 Å². The van der Waals surface area contributed by atoms with Gasteiger partial charge < -0.3 is 10.0 Å². The lowest BCUT2D eigenvalue weighted by atomic mass is 9.79. The Morgan fingerprint density at radius 2 is 1.90 bits per heavy atom. The highest BCUT2D eigenvalue weighted by molar-refractivity contribution is 5.97. The van der Waals surface area contributed by atoms with Gasteiger partial charge in [0, 0.05) is 13.6 Å². The fraction of sp³-hybridized carbons (Fsp3) is 0.875. The molecule has 1 N–H and O–H groups in total. The van der Waals surface area contributed by atoms with E-state index in [4.69, 9.17) is 0 Å². The number of nitrogens with zero attached hydrogens (tertiary/aromatic N) is 1. The molecule has 0 aromatic rings.